The molecule has 0 amide bonds. The van der Waals surface area contributed by atoms with E-state index in [4.69, 9.17) is 0 Å². The van der Waals surface area contributed by atoms with E-state index in [9.17, 15) is 13.2 Å². The lowest BCUT2D eigenvalue weighted by Gasteiger charge is -2.15. The summed E-state index contributed by atoms with van der Waals surface area (Å²) in [5, 5.41) is 0. The molecular weight excluding hydrogens is 216 g/mol. The van der Waals surface area contributed by atoms with Crippen LogP contribution in [0.1, 0.15) is 13.3 Å². The number of aromatic nitrogens is 1. The Morgan fingerprint density at radius 3 is 2.67 bits per heavy atom. The smallest absolute Gasteiger partial charge is 0.268 e. The number of pyridine rings is 1. The fourth-order valence-corrected chi connectivity index (χ4v) is 2.51. The van der Waals surface area contributed by atoms with Crippen molar-refractivity contribution in [2.75, 3.05) is 13.6 Å². The highest BCUT2D eigenvalue weighted by molar-refractivity contribution is 7.89. The van der Waals surface area contributed by atoms with Gasteiger partial charge in [0.05, 0.1) is 0 Å². The zero-order valence-corrected chi connectivity index (χ0v) is 9.54. The molecule has 0 saturated heterocycles. The van der Waals surface area contributed by atoms with Crippen LogP contribution < -0.4 is 5.56 Å². The lowest BCUT2D eigenvalue weighted by atomic mass is 10.5. The average molecular weight is 230 g/mol. The maximum absolute atomic E-state index is 11.8. The number of sulfonamides is 1. The Kier molecular flexibility index (Phi) is 3.65. The van der Waals surface area contributed by atoms with Crippen LogP contribution >= 0.6 is 0 Å². The Hall–Kier alpha value is -1.14. The molecule has 0 radical (unpaired) electrons. The number of nitrogens with one attached hydrogen (secondary N) is 1. The molecule has 0 bridgehead atoms. The summed E-state index contributed by atoms with van der Waals surface area (Å²) in [6.45, 7) is 2.28. The maximum Gasteiger partial charge on any atom is 0.268 e. The van der Waals surface area contributed by atoms with Crippen LogP contribution in [0.15, 0.2) is 28.0 Å². The Labute approximate surface area is 88.8 Å². The molecule has 0 unspecified atom stereocenters. The van der Waals surface area contributed by atoms with Crippen LogP contribution in [0.3, 0.4) is 0 Å². The van der Waals surface area contributed by atoms with E-state index in [2.05, 4.69) is 4.98 Å². The van der Waals surface area contributed by atoms with Crippen molar-refractivity contribution < 1.29 is 8.42 Å². The van der Waals surface area contributed by atoms with Crippen molar-refractivity contribution in [3.63, 3.8) is 0 Å². The van der Waals surface area contributed by atoms with E-state index < -0.39 is 15.6 Å². The number of rotatable bonds is 4. The summed E-state index contributed by atoms with van der Waals surface area (Å²) in [5.74, 6) is 0. The Bertz CT molecular complexity index is 478. The molecule has 1 aromatic rings. The van der Waals surface area contributed by atoms with Crippen LogP contribution in [0.5, 0.6) is 0 Å². The molecule has 1 aromatic heterocycles. The molecule has 0 fully saturated rings. The van der Waals surface area contributed by atoms with Gasteiger partial charge in [0.25, 0.3) is 5.56 Å². The average Bonchev–Trinajstić information content (AvgIpc) is 2.18. The minimum Gasteiger partial charge on any atom is -0.328 e. The lowest BCUT2D eigenvalue weighted by Crippen LogP contribution is -2.31. The monoisotopic (exact) mass is 230 g/mol. The third-order valence-electron chi connectivity index (χ3n) is 2.01. The van der Waals surface area contributed by atoms with Gasteiger partial charge in [-0.3, -0.25) is 4.79 Å². The number of H-pyrrole nitrogens is 1. The molecule has 0 saturated carbocycles. The van der Waals surface area contributed by atoms with Gasteiger partial charge >= 0.3 is 0 Å². The number of nitrogens with zero attached hydrogens (tertiary/aromatic N) is 1. The molecule has 0 aliphatic carbocycles. The summed E-state index contributed by atoms with van der Waals surface area (Å²) in [6.07, 6.45) is 2.11. The second kappa shape index (κ2) is 4.59. The van der Waals surface area contributed by atoms with Gasteiger partial charge in [-0.15, -0.1) is 0 Å². The van der Waals surface area contributed by atoms with Crippen molar-refractivity contribution in [2.45, 2.75) is 18.2 Å². The van der Waals surface area contributed by atoms with Crippen LogP contribution in [0, 0.1) is 0 Å². The summed E-state index contributed by atoms with van der Waals surface area (Å²) < 4.78 is 24.9. The largest absolute Gasteiger partial charge is 0.328 e. The van der Waals surface area contributed by atoms with Gasteiger partial charge in [-0.05, 0) is 18.6 Å². The molecule has 0 aliphatic rings. The van der Waals surface area contributed by atoms with Gasteiger partial charge < -0.3 is 4.98 Å². The highest BCUT2D eigenvalue weighted by Gasteiger charge is 2.22. The number of aromatic amines is 1. The number of hydrogen-bond donors (Lipinski definition) is 1. The molecule has 1 rings (SSSR count). The van der Waals surface area contributed by atoms with Crippen molar-refractivity contribution in [3.05, 3.63) is 28.7 Å². The highest BCUT2D eigenvalue weighted by Crippen LogP contribution is 2.08. The first-order valence-corrected chi connectivity index (χ1v) is 6.08. The molecule has 1 N–H and O–H groups in total. The molecule has 84 valence electrons. The third-order valence-corrected chi connectivity index (χ3v) is 3.89. The van der Waals surface area contributed by atoms with Crippen molar-refractivity contribution >= 4 is 10.0 Å². The van der Waals surface area contributed by atoms with E-state index in [0.29, 0.717) is 13.0 Å². The zero-order valence-electron chi connectivity index (χ0n) is 8.73. The zero-order chi connectivity index (χ0) is 11.5. The molecule has 0 atom stereocenters. The molecule has 0 spiro atoms. The van der Waals surface area contributed by atoms with Gasteiger partial charge in [0.2, 0.25) is 10.0 Å². The van der Waals surface area contributed by atoms with Gasteiger partial charge in [0.1, 0.15) is 4.90 Å². The summed E-state index contributed by atoms with van der Waals surface area (Å²) >= 11 is 0. The van der Waals surface area contributed by atoms with Crippen molar-refractivity contribution in [3.8, 4) is 0 Å². The second-order valence-corrected chi connectivity index (χ2v) is 5.20. The minimum absolute atomic E-state index is 0.207. The van der Waals surface area contributed by atoms with E-state index >= 15 is 0 Å². The number of hydrogen-bond acceptors (Lipinski definition) is 3. The Balaban J connectivity index is 3.18. The van der Waals surface area contributed by atoms with Crippen molar-refractivity contribution in [2.24, 2.45) is 0 Å². The quantitative estimate of drug-likeness (QED) is 0.814. The molecule has 5 nitrogen and oxygen atoms in total. The third kappa shape index (κ3) is 2.45. The highest BCUT2D eigenvalue weighted by atomic mass is 32.2. The van der Waals surface area contributed by atoms with Gasteiger partial charge in [0, 0.05) is 19.8 Å². The van der Waals surface area contributed by atoms with Gasteiger partial charge in [-0.2, -0.15) is 0 Å². The van der Waals surface area contributed by atoms with Gasteiger partial charge in [-0.1, -0.05) is 6.92 Å². The second-order valence-electron chi connectivity index (χ2n) is 3.19. The van der Waals surface area contributed by atoms with Crippen molar-refractivity contribution in [1.82, 2.24) is 9.29 Å². The molecule has 0 aliphatic heterocycles. The van der Waals surface area contributed by atoms with E-state index in [1.165, 1.54) is 29.7 Å². The van der Waals surface area contributed by atoms with Crippen LogP contribution in [0.4, 0.5) is 0 Å². The topological polar surface area (TPSA) is 70.2 Å². The minimum atomic E-state index is -3.64. The molecule has 6 heteroatoms. The van der Waals surface area contributed by atoms with Crippen LogP contribution in [-0.2, 0) is 10.0 Å². The van der Waals surface area contributed by atoms with Crippen LogP contribution in [-0.4, -0.2) is 31.3 Å². The first-order chi connectivity index (χ1) is 7.00. The van der Waals surface area contributed by atoms with Gasteiger partial charge in [0.15, 0.2) is 0 Å². The summed E-state index contributed by atoms with van der Waals surface area (Å²) in [6, 6.07) is 2.80. The fourth-order valence-electron chi connectivity index (χ4n) is 1.21. The standard InChI is InChI=1S/C9H14N2O3S/c1-3-7-11(2)15(13,14)8-5-4-6-10-9(8)12/h4-6H,3,7H2,1-2H3,(H,10,12). The fraction of sp³-hybridized carbons (Fsp3) is 0.444. The predicted molar refractivity (Wildman–Crippen MR) is 57.2 cm³/mol. The predicted octanol–water partition coefficient (Wildman–Crippen LogP) is 0.405. The Morgan fingerprint density at radius 1 is 1.47 bits per heavy atom. The summed E-state index contributed by atoms with van der Waals surface area (Å²) in [5.41, 5.74) is -0.583. The SMILES string of the molecule is CCCN(C)S(=O)(=O)c1ccc[nH]c1=O. The van der Waals surface area contributed by atoms with E-state index in [-0.39, 0.29) is 4.90 Å². The van der Waals surface area contributed by atoms with E-state index in [1.807, 2.05) is 6.92 Å². The summed E-state index contributed by atoms with van der Waals surface area (Å²) in [7, 11) is -2.18. The summed E-state index contributed by atoms with van der Waals surface area (Å²) in [4.78, 5) is 13.4. The normalized spacial score (nSPS) is 11.9. The first kappa shape index (κ1) is 11.9. The van der Waals surface area contributed by atoms with Crippen LogP contribution in [0.2, 0.25) is 0 Å². The molecular formula is C9H14N2O3S. The van der Waals surface area contributed by atoms with Crippen LogP contribution in [0.25, 0.3) is 0 Å². The first-order valence-electron chi connectivity index (χ1n) is 4.64. The maximum atomic E-state index is 11.8. The lowest BCUT2D eigenvalue weighted by molar-refractivity contribution is 0.467. The van der Waals surface area contributed by atoms with Gasteiger partial charge in [-0.25, -0.2) is 12.7 Å². The Morgan fingerprint density at radius 2 is 2.13 bits per heavy atom. The molecule has 0 aromatic carbocycles. The molecule has 1 heterocycles. The van der Waals surface area contributed by atoms with Crippen molar-refractivity contribution in [1.29, 1.82) is 0 Å². The van der Waals surface area contributed by atoms with E-state index in [1.54, 1.807) is 0 Å². The van der Waals surface area contributed by atoms with E-state index in [0.717, 1.165) is 0 Å². The molecule has 15 heavy (non-hydrogen) atoms.